The number of fused-ring (bicyclic) bond motifs is 1. The highest BCUT2D eigenvalue weighted by Crippen LogP contribution is 2.40. The molecular weight excluding hydrogens is 318 g/mol. The van der Waals surface area contributed by atoms with E-state index in [0.29, 0.717) is 23.2 Å². The van der Waals surface area contributed by atoms with Gasteiger partial charge in [0.25, 0.3) is 5.91 Å². The summed E-state index contributed by atoms with van der Waals surface area (Å²) in [6.45, 7) is 2.66. The Balaban J connectivity index is 2.06. The molecule has 0 spiro atoms. The minimum absolute atomic E-state index is 0.00489. The molecule has 0 fully saturated rings. The zero-order valence-corrected chi connectivity index (χ0v) is 14.1. The highest BCUT2D eigenvalue weighted by molar-refractivity contribution is 5.97. The van der Waals surface area contributed by atoms with Crippen molar-refractivity contribution in [2.45, 2.75) is 19.9 Å². The molecule has 2 aromatic carbocycles. The van der Waals surface area contributed by atoms with Gasteiger partial charge in [0.15, 0.2) is 5.69 Å². The minimum atomic E-state index is -0.459. The van der Waals surface area contributed by atoms with Gasteiger partial charge in [-0.3, -0.25) is 4.79 Å². The van der Waals surface area contributed by atoms with Crippen LogP contribution in [0.25, 0.3) is 10.9 Å². The number of carbonyl (C=O) groups excluding carboxylic acids is 1. The molecule has 1 aromatic heterocycles. The van der Waals surface area contributed by atoms with E-state index in [1.54, 1.807) is 42.0 Å². The number of hydrogen-bond acceptors (Lipinski definition) is 4. The van der Waals surface area contributed by atoms with Crippen LogP contribution in [0.2, 0.25) is 0 Å². The average molecular weight is 337 g/mol. The molecule has 0 aliphatic heterocycles. The molecule has 0 radical (unpaired) electrons. The summed E-state index contributed by atoms with van der Waals surface area (Å²) in [4.78, 5) is 12.1. The number of azo groups is 1. The van der Waals surface area contributed by atoms with E-state index >= 15 is 0 Å². The zero-order chi connectivity index (χ0) is 17.8. The number of aromatic nitrogens is 1. The van der Waals surface area contributed by atoms with E-state index in [1.807, 2.05) is 25.1 Å². The second-order valence-corrected chi connectivity index (χ2v) is 5.58. The first-order chi connectivity index (χ1) is 12.2. The van der Waals surface area contributed by atoms with Gasteiger partial charge in [-0.2, -0.15) is 0 Å². The maximum atomic E-state index is 12.1. The lowest BCUT2D eigenvalue weighted by Crippen LogP contribution is -1.95. The van der Waals surface area contributed by atoms with E-state index in [0.717, 1.165) is 11.9 Å². The Hall–Kier alpha value is -3.15. The number of aromatic hydroxyl groups is 1. The summed E-state index contributed by atoms with van der Waals surface area (Å²) in [5.74, 6) is 0.181. The Bertz CT molecular complexity index is 930. The van der Waals surface area contributed by atoms with Crippen molar-refractivity contribution in [3.63, 3.8) is 0 Å². The molecule has 3 rings (SSSR count). The van der Waals surface area contributed by atoms with Crippen molar-refractivity contribution >= 4 is 22.5 Å². The Morgan fingerprint density at radius 2 is 1.96 bits per heavy atom. The first kappa shape index (κ1) is 16.7. The van der Waals surface area contributed by atoms with E-state index in [4.69, 9.17) is 4.74 Å². The van der Waals surface area contributed by atoms with Crippen molar-refractivity contribution in [2.75, 3.05) is 7.11 Å². The normalized spacial score (nSPS) is 11.3. The third-order valence-corrected chi connectivity index (χ3v) is 3.93. The van der Waals surface area contributed by atoms with Gasteiger partial charge < -0.3 is 14.4 Å². The predicted molar refractivity (Wildman–Crippen MR) is 95.7 cm³/mol. The SMILES string of the molecule is CCCn1c(O)c(N=NC(=O)c2ccccc2)c2cc(OC)ccc21. The number of methoxy groups -OCH3 is 1. The molecule has 128 valence electrons. The number of hydrogen-bond donors (Lipinski definition) is 1. The van der Waals surface area contributed by atoms with Gasteiger partial charge in [-0.15, -0.1) is 10.2 Å². The summed E-state index contributed by atoms with van der Waals surface area (Å²) in [6.07, 6.45) is 0.850. The second kappa shape index (κ2) is 7.17. The van der Waals surface area contributed by atoms with Gasteiger partial charge in [-0.05, 0) is 36.8 Å². The fraction of sp³-hybridized carbons (Fsp3) is 0.211. The Kier molecular flexibility index (Phi) is 4.79. The molecule has 1 N–H and O–H groups in total. The third-order valence-electron chi connectivity index (χ3n) is 3.93. The molecule has 0 unspecified atom stereocenters. The van der Waals surface area contributed by atoms with Crippen molar-refractivity contribution in [3.05, 3.63) is 54.1 Å². The summed E-state index contributed by atoms with van der Waals surface area (Å²) in [5, 5.41) is 19.1. The molecule has 25 heavy (non-hydrogen) atoms. The highest BCUT2D eigenvalue weighted by Gasteiger charge is 2.17. The number of nitrogens with zero attached hydrogens (tertiary/aromatic N) is 3. The number of carbonyl (C=O) groups is 1. The quantitative estimate of drug-likeness (QED) is 0.686. The summed E-state index contributed by atoms with van der Waals surface area (Å²) in [6, 6.07) is 14.2. The maximum absolute atomic E-state index is 12.1. The molecule has 0 saturated carbocycles. The number of benzene rings is 2. The molecule has 0 aliphatic carbocycles. The van der Waals surface area contributed by atoms with Gasteiger partial charge in [0.2, 0.25) is 5.88 Å². The van der Waals surface area contributed by atoms with Crippen LogP contribution >= 0.6 is 0 Å². The van der Waals surface area contributed by atoms with Crippen molar-refractivity contribution in [2.24, 2.45) is 10.2 Å². The van der Waals surface area contributed by atoms with Crippen LogP contribution in [-0.2, 0) is 6.54 Å². The standard InChI is InChI=1S/C19H19N3O3/c1-3-11-22-16-10-9-14(25-2)12-15(16)17(19(22)24)20-21-18(23)13-7-5-4-6-8-13/h4-10,12,24H,3,11H2,1-2H3. The second-order valence-electron chi connectivity index (χ2n) is 5.58. The summed E-state index contributed by atoms with van der Waals surface area (Å²) >= 11 is 0. The van der Waals surface area contributed by atoms with E-state index in [-0.39, 0.29) is 11.6 Å². The first-order valence-electron chi connectivity index (χ1n) is 8.06. The Morgan fingerprint density at radius 1 is 1.20 bits per heavy atom. The maximum Gasteiger partial charge on any atom is 0.295 e. The lowest BCUT2D eigenvalue weighted by molar-refractivity contribution is 0.0995. The zero-order valence-electron chi connectivity index (χ0n) is 14.1. The van der Waals surface area contributed by atoms with E-state index in [1.165, 1.54) is 0 Å². The van der Waals surface area contributed by atoms with Crippen LogP contribution in [0.1, 0.15) is 23.7 Å². The topological polar surface area (TPSA) is 76.2 Å². The Labute approximate surface area is 145 Å². The van der Waals surface area contributed by atoms with Crippen LogP contribution in [0.15, 0.2) is 58.8 Å². The molecule has 1 amide bonds. The first-order valence-corrected chi connectivity index (χ1v) is 8.06. The molecule has 0 atom stereocenters. The molecule has 0 bridgehead atoms. The molecule has 3 aromatic rings. The van der Waals surface area contributed by atoms with Crippen molar-refractivity contribution in [3.8, 4) is 11.6 Å². The van der Waals surface area contributed by atoms with Crippen molar-refractivity contribution < 1.29 is 14.6 Å². The summed E-state index contributed by atoms with van der Waals surface area (Å²) in [7, 11) is 1.57. The fourth-order valence-corrected chi connectivity index (χ4v) is 2.71. The van der Waals surface area contributed by atoms with Crippen LogP contribution < -0.4 is 4.74 Å². The molecule has 6 heteroatoms. The van der Waals surface area contributed by atoms with E-state index in [2.05, 4.69) is 10.2 Å². The number of rotatable bonds is 5. The highest BCUT2D eigenvalue weighted by atomic mass is 16.5. The van der Waals surface area contributed by atoms with Gasteiger partial charge in [0, 0.05) is 17.5 Å². The lowest BCUT2D eigenvalue weighted by atomic mass is 10.2. The number of aryl methyl sites for hydroxylation is 1. The molecule has 0 aliphatic rings. The summed E-state index contributed by atoms with van der Waals surface area (Å²) < 4.78 is 7.01. The van der Waals surface area contributed by atoms with E-state index < -0.39 is 5.91 Å². The summed E-state index contributed by atoms with van der Waals surface area (Å²) in [5.41, 5.74) is 1.54. The van der Waals surface area contributed by atoms with Gasteiger partial charge in [-0.1, -0.05) is 25.1 Å². The van der Waals surface area contributed by atoms with Gasteiger partial charge >= 0.3 is 0 Å². The van der Waals surface area contributed by atoms with Crippen LogP contribution in [0.5, 0.6) is 11.6 Å². The molecule has 6 nitrogen and oxygen atoms in total. The minimum Gasteiger partial charge on any atom is -0.497 e. The van der Waals surface area contributed by atoms with Crippen molar-refractivity contribution in [1.82, 2.24) is 4.57 Å². The van der Waals surface area contributed by atoms with Crippen LogP contribution in [-0.4, -0.2) is 22.7 Å². The van der Waals surface area contributed by atoms with Gasteiger partial charge in [-0.25, -0.2) is 0 Å². The van der Waals surface area contributed by atoms with Crippen molar-refractivity contribution in [1.29, 1.82) is 0 Å². The predicted octanol–water partition coefficient (Wildman–Crippen LogP) is 4.69. The molecule has 1 heterocycles. The van der Waals surface area contributed by atoms with Gasteiger partial charge in [0.1, 0.15) is 5.75 Å². The van der Waals surface area contributed by atoms with E-state index in [9.17, 15) is 9.90 Å². The van der Waals surface area contributed by atoms with Crippen LogP contribution in [0, 0.1) is 0 Å². The molecule has 0 saturated heterocycles. The average Bonchev–Trinajstić information content (AvgIpc) is 2.91. The largest absolute Gasteiger partial charge is 0.497 e. The lowest BCUT2D eigenvalue weighted by Gasteiger charge is -2.04. The smallest absolute Gasteiger partial charge is 0.295 e. The van der Waals surface area contributed by atoms with Gasteiger partial charge in [0.05, 0.1) is 12.6 Å². The van der Waals surface area contributed by atoms with Crippen LogP contribution in [0.3, 0.4) is 0 Å². The van der Waals surface area contributed by atoms with Crippen LogP contribution in [0.4, 0.5) is 5.69 Å². The monoisotopic (exact) mass is 337 g/mol. The molecular formula is C19H19N3O3. The number of ether oxygens (including phenoxy) is 1. The Morgan fingerprint density at radius 3 is 2.64 bits per heavy atom. The third kappa shape index (κ3) is 3.24. The number of amides is 1. The fourth-order valence-electron chi connectivity index (χ4n) is 2.71.